The Hall–Kier alpha value is -4.78. The second-order valence-electron chi connectivity index (χ2n) is 8.58. The molecule has 0 aliphatic carbocycles. The molecule has 0 N–H and O–H groups in total. The Bertz CT molecular complexity index is 1680. The number of fused-ring (bicyclic) bond motifs is 3. The molecule has 0 saturated heterocycles. The minimum absolute atomic E-state index is 0.135. The summed E-state index contributed by atoms with van der Waals surface area (Å²) in [6.45, 7) is 4.11. The zero-order valence-corrected chi connectivity index (χ0v) is 19.9. The Morgan fingerprint density at radius 3 is 2.33 bits per heavy atom. The summed E-state index contributed by atoms with van der Waals surface area (Å²) in [7, 11) is 0. The van der Waals surface area contributed by atoms with Crippen molar-refractivity contribution in [3.63, 3.8) is 0 Å². The van der Waals surface area contributed by atoms with Gasteiger partial charge in [0, 0.05) is 11.1 Å². The highest BCUT2D eigenvalue weighted by molar-refractivity contribution is 6.07. The number of rotatable bonds is 6. The first-order valence-corrected chi connectivity index (χ1v) is 11.7. The van der Waals surface area contributed by atoms with Crippen LogP contribution in [0.5, 0.6) is 0 Å². The SMILES string of the molecule is C/C(=N/OCc1nc2c3c(-c4ccccc4)c(-c4ccccc4)oc3ncn2n1)c1ccc(C)cc1. The number of nitrogens with zero attached hydrogens (tertiary/aromatic N) is 5. The quantitative estimate of drug-likeness (QED) is 0.205. The average Bonchev–Trinajstić information content (AvgIpc) is 3.51. The second kappa shape index (κ2) is 9.11. The minimum atomic E-state index is 0.135. The number of hydrogen-bond acceptors (Lipinski definition) is 6. The van der Waals surface area contributed by atoms with Crippen LogP contribution in [-0.2, 0) is 11.4 Å². The van der Waals surface area contributed by atoms with Crippen LogP contribution in [0.25, 0.3) is 39.2 Å². The molecular weight excluding hydrogens is 450 g/mol. The van der Waals surface area contributed by atoms with Crippen LogP contribution < -0.4 is 0 Å². The molecule has 0 saturated carbocycles. The maximum atomic E-state index is 6.28. The predicted molar refractivity (Wildman–Crippen MR) is 140 cm³/mol. The van der Waals surface area contributed by atoms with E-state index in [0.717, 1.165) is 39.1 Å². The van der Waals surface area contributed by atoms with Gasteiger partial charge in [0.05, 0.1) is 11.1 Å². The first-order valence-electron chi connectivity index (χ1n) is 11.7. The van der Waals surface area contributed by atoms with Gasteiger partial charge in [0.25, 0.3) is 0 Å². The fourth-order valence-electron chi connectivity index (χ4n) is 4.21. The Kier molecular flexibility index (Phi) is 5.50. The average molecular weight is 474 g/mol. The van der Waals surface area contributed by atoms with Crippen molar-refractivity contribution in [3.05, 3.63) is 108 Å². The van der Waals surface area contributed by atoms with Crippen molar-refractivity contribution >= 4 is 22.5 Å². The van der Waals surface area contributed by atoms with Crippen molar-refractivity contribution in [2.24, 2.45) is 5.16 Å². The van der Waals surface area contributed by atoms with Crippen LogP contribution in [0.2, 0.25) is 0 Å². The van der Waals surface area contributed by atoms with E-state index in [2.05, 4.69) is 46.4 Å². The third-order valence-electron chi connectivity index (χ3n) is 6.04. The Labute approximate surface area is 207 Å². The van der Waals surface area contributed by atoms with Crippen molar-refractivity contribution in [3.8, 4) is 22.5 Å². The molecule has 0 atom stereocenters. The molecule has 7 heteroatoms. The molecule has 6 rings (SSSR count). The number of furan rings is 1. The lowest BCUT2D eigenvalue weighted by molar-refractivity contribution is 0.125. The summed E-state index contributed by atoms with van der Waals surface area (Å²) in [6, 6.07) is 28.3. The maximum Gasteiger partial charge on any atom is 0.232 e. The molecule has 3 aromatic carbocycles. The van der Waals surface area contributed by atoms with E-state index in [1.807, 2.05) is 67.6 Å². The molecule has 0 radical (unpaired) electrons. The molecule has 0 spiro atoms. The van der Waals surface area contributed by atoms with Gasteiger partial charge in [-0.3, -0.25) is 0 Å². The summed E-state index contributed by atoms with van der Waals surface area (Å²) in [5, 5.41) is 9.63. The first kappa shape index (κ1) is 21.7. The molecule has 6 aromatic rings. The van der Waals surface area contributed by atoms with Crippen molar-refractivity contribution in [2.45, 2.75) is 20.5 Å². The van der Waals surface area contributed by atoms with Gasteiger partial charge in [-0.2, -0.15) is 0 Å². The van der Waals surface area contributed by atoms with Crippen LogP contribution in [0, 0.1) is 6.92 Å². The molecule has 36 heavy (non-hydrogen) atoms. The van der Waals surface area contributed by atoms with Gasteiger partial charge in [-0.15, -0.1) is 5.10 Å². The zero-order valence-electron chi connectivity index (χ0n) is 19.9. The van der Waals surface area contributed by atoms with E-state index in [4.69, 9.17) is 14.2 Å². The number of hydrogen-bond donors (Lipinski definition) is 0. The lowest BCUT2D eigenvalue weighted by Crippen LogP contribution is -1.98. The summed E-state index contributed by atoms with van der Waals surface area (Å²) < 4.78 is 7.94. The van der Waals surface area contributed by atoms with Gasteiger partial charge < -0.3 is 9.25 Å². The molecule has 0 unspecified atom stereocenters. The highest BCUT2D eigenvalue weighted by atomic mass is 16.6. The molecule has 7 nitrogen and oxygen atoms in total. The van der Waals surface area contributed by atoms with Crippen LogP contribution in [-0.4, -0.2) is 25.3 Å². The molecule has 3 heterocycles. The highest BCUT2D eigenvalue weighted by Gasteiger charge is 2.22. The van der Waals surface area contributed by atoms with Crippen LogP contribution in [0.1, 0.15) is 23.9 Å². The largest absolute Gasteiger partial charge is 0.437 e. The lowest BCUT2D eigenvalue weighted by Gasteiger charge is -2.03. The summed E-state index contributed by atoms with van der Waals surface area (Å²) in [6.07, 6.45) is 1.61. The summed E-state index contributed by atoms with van der Waals surface area (Å²) in [5.74, 6) is 1.25. The van der Waals surface area contributed by atoms with Crippen LogP contribution in [0.15, 0.2) is 101 Å². The van der Waals surface area contributed by atoms with Gasteiger partial charge in [0.2, 0.25) is 5.71 Å². The van der Waals surface area contributed by atoms with Gasteiger partial charge in [0.1, 0.15) is 12.1 Å². The van der Waals surface area contributed by atoms with Crippen LogP contribution in [0.4, 0.5) is 0 Å². The molecule has 0 amide bonds. The van der Waals surface area contributed by atoms with Gasteiger partial charge in [-0.25, -0.2) is 14.5 Å². The Morgan fingerprint density at radius 2 is 1.61 bits per heavy atom. The molecule has 176 valence electrons. The van der Waals surface area contributed by atoms with Crippen molar-refractivity contribution in [1.82, 2.24) is 19.6 Å². The van der Waals surface area contributed by atoms with Gasteiger partial charge in [-0.05, 0) is 25.0 Å². The number of aromatic nitrogens is 4. The van der Waals surface area contributed by atoms with E-state index in [0.29, 0.717) is 17.2 Å². The maximum absolute atomic E-state index is 6.28. The van der Waals surface area contributed by atoms with E-state index < -0.39 is 0 Å². The minimum Gasteiger partial charge on any atom is -0.437 e. The fraction of sp³-hybridized carbons (Fsp3) is 0.103. The Morgan fingerprint density at radius 1 is 0.917 bits per heavy atom. The summed E-state index contributed by atoms with van der Waals surface area (Å²) in [5.41, 5.74) is 7.08. The van der Waals surface area contributed by atoms with E-state index in [1.54, 1.807) is 10.8 Å². The molecule has 0 bridgehead atoms. The van der Waals surface area contributed by atoms with Crippen molar-refractivity contribution in [2.75, 3.05) is 0 Å². The predicted octanol–water partition coefficient (Wildman–Crippen LogP) is 6.45. The zero-order chi connectivity index (χ0) is 24.5. The van der Waals surface area contributed by atoms with Crippen LogP contribution >= 0.6 is 0 Å². The van der Waals surface area contributed by atoms with E-state index in [9.17, 15) is 0 Å². The number of aryl methyl sites for hydroxylation is 1. The molecule has 0 fully saturated rings. The monoisotopic (exact) mass is 473 g/mol. The third kappa shape index (κ3) is 4.01. The molecular formula is C29H23N5O2. The summed E-state index contributed by atoms with van der Waals surface area (Å²) >= 11 is 0. The third-order valence-corrected chi connectivity index (χ3v) is 6.04. The smallest absolute Gasteiger partial charge is 0.232 e. The van der Waals surface area contributed by atoms with Gasteiger partial charge in [-0.1, -0.05) is 95.6 Å². The fourth-order valence-corrected chi connectivity index (χ4v) is 4.21. The Balaban J connectivity index is 1.40. The first-order chi connectivity index (χ1) is 17.7. The van der Waals surface area contributed by atoms with Crippen molar-refractivity contribution in [1.29, 1.82) is 0 Å². The number of benzene rings is 3. The number of oxime groups is 1. The van der Waals surface area contributed by atoms with E-state index >= 15 is 0 Å². The highest BCUT2D eigenvalue weighted by Crippen LogP contribution is 2.41. The summed E-state index contributed by atoms with van der Waals surface area (Å²) in [4.78, 5) is 14.9. The van der Waals surface area contributed by atoms with E-state index in [1.165, 1.54) is 5.56 Å². The topological polar surface area (TPSA) is 77.8 Å². The molecule has 0 aliphatic rings. The van der Waals surface area contributed by atoms with Gasteiger partial charge >= 0.3 is 0 Å². The molecule has 3 aromatic heterocycles. The second-order valence-corrected chi connectivity index (χ2v) is 8.58. The normalized spacial score (nSPS) is 11.9. The van der Waals surface area contributed by atoms with E-state index in [-0.39, 0.29) is 6.61 Å². The van der Waals surface area contributed by atoms with Gasteiger partial charge in [0.15, 0.2) is 18.1 Å². The lowest BCUT2D eigenvalue weighted by atomic mass is 9.99. The van der Waals surface area contributed by atoms with Crippen LogP contribution in [0.3, 0.4) is 0 Å². The standard InChI is InChI=1S/C29H23N5O2/c1-19-13-15-21(16-14-19)20(2)33-35-17-24-31-28-26-25(22-9-5-3-6-10-22)27(23-11-7-4-8-12-23)36-29(26)30-18-34(28)32-24/h3-16,18H,17H2,1-2H3/b33-20-. The van der Waals surface area contributed by atoms with Crippen molar-refractivity contribution < 1.29 is 9.25 Å². The molecule has 0 aliphatic heterocycles.